The highest BCUT2D eigenvalue weighted by Crippen LogP contribution is 2.36. The van der Waals surface area contributed by atoms with Crippen LogP contribution in [0.4, 0.5) is 5.69 Å². The van der Waals surface area contributed by atoms with E-state index in [4.69, 9.17) is 15.2 Å². The van der Waals surface area contributed by atoms with E-state index in [1.807, 2.05) is 39.0 Å². The van der Waals surface area contributed by atoms with Gasteiger partial charge in [-0.1, -0.05) is 13.0 Å². The Balaban J connectivity index is 2.34. The van der Waals surface area contributed by atoms with E-state index in [1.165, 1.54) is 0 Å². The van der Waals surface area contributed by atoms with Crippen molar-refractivity contribution >= 4 is 11.7 Å². The van der Waals surface area contributed by atoms with E-state index in [-0.39, 0.29) is 18.1 Å². The molecule has 2 atom stereocenters. The summed E-state index contributed by atoms with van der Waals surface area (Å²) in [6, 6.07) is 5.63. The zero-order valence-electron chi connectivity index (χ0n) is 13.0. The topological polar surface area (TPSA) is 64.8 Å². The highest BCUT2D eigenvalue weighted by molar-refractivity contribution is 5.81. The average molecular weight is 292 g/mol. The fraction of sp³-hybridized carbons (Fsp3) is 0.562. The second-order valence-electron chi connectivity index (χ2n) is 5.26. The van der Waals surface area contributed by atoms with Gasteiger partial charge in [0.05, 0.1) is 18.8 Å². The van der Waals surface area contributed by atoms with E-state index >= 15 is 0 Å². The standard InChI is InChI=1S/C16H24N2O3/c1-4-13(16(19)20-5-2)18-10-11(3)21-15-8-12(9-17)6-7-14(15)18/h6-8,11,13H,4-5,9-10,17H2,1-3H3. The Hall–Kier alpha value is -1.75. The summed E-state index contributed by atoms with van der Waals surface area (Å²) in [5.74, 6) is 0.613. The number of rotatable bonds is 5. The van der Waals surface area contributed by atoms with Crippen LogP contribution < -0.4 is 15.4 Å². The lowest BCUT2D eigenvalue weighted by Crippen LogP contribution is -2.48. The molecule has 21 heavy (non-hydrogen) atoms. The molecule has 0 saturated heterocycles. The van der Waals surface area contributed by atoms with E-state index in [9.17, 15) is 4.79 Å². The van der Waals surface area contributed by atoms with Gasteiger partial charge >= 0.3 is 5.97 Å². The van der Waals surface area contributed by atoms with Gasteiger partial charge in [0, 0.05) is 6.54 Å². The Morgan fingerprint density at radius 3 is 2.90 bits per heavy atom. The molecule has 116 valence electrons. The number of nitrogens with zero attached hydrogens (tertiary/aromatic N) is 1. The third kappa shape index (κ3) is 3.29. The smallest absolute Gasteiger partial charge is 0.328 e. The van der Waals surface area contributed by atoms with Crippen molar-refractivity contribution in [3.05, 3.63) is 23.8 Å². The number of fused-ring (bicyclic) bond motifs is 1. The first-order valence-corrected chi connectivity index (χ1v) is 7.53. The van der Waals surface area contributed by atoms with Gasteiger partial charge in [-0.05, 0) is 38.0 Å². The molecule has 1 heterocycles. The van der Waals surface area contributed by atoms with Gasteiger partial charge in [-0.25, -0.2) is 4.79 Å². The van der Waals surface area contributed by atoms with Crippen LogP contribution in [0.1, 0.15) is 32.8 Å². The monoisotopic (exact) mass is 292 g/mol. The molecule has 2 N–H and O–H groups in total. The van der Waals surface area contributed by atoms with Crippen LogP contribution in [-0.2, 0) is 16.1 Å². The van der Waals surface area contributed by atoms with E-state index in [1.54, 1.807) is 0 Å². The molecule has 0 spiro atoms. The van der Waals surface area contributed by atoms with Gasteiger partial charge in [0.1, 0.15) is 17.9 Å². The fourth-order valence-corrected chi connectivity index (χ4v) is 2.69. The second kappa shape index (κ2) is 6.80. The molecule has 5 nitrogen and oxygen atoms in total. The Morgan fingerprint density at radius 1 is 1.52 bits per heavy atom. The van der Waals surface area contributed by atoms with Crippen molar-refractivity contribution in [2.75, 3.05) is 18.1 Å². The minimum Gasteiger partial charge on any atom is -0.487 e. The quantitative estimate of drug-likeness (QED) is 0.842. The predicted octanol–water partition coefficient (Wildman–Crippen LogP) is 2.07. The maximum absolute atomic E-state index is 12.2. The number of hydrogen-bond acceptors (Lipinski definition) is 5. The van der Waals surface area contributed by atoms with Crippen LogP contribution in [0.2, 0.25) is 0 Å². The molecule has 2 unspecified atom stereocenters. The summed E-state index contributed by atoms with van der Waals surface area (Å²) < 4.78 is 11.1. The Morgan fingerprint density at radius 2 is 2.29 bits per heavy atom. The third-order valence-electron chi connectivity index (χ3n) is 3.67. The molecule has 0 aromatic heterocycles. The molecular weight excluding hydrogens is 268 g/mol. The van der Waals surface area contributed by atoms with Gasteiger partial charge in [0.25, 0.3) is 0 Å². The molecule has 1 aromatic carbocycles. The molecule has 1 aliphatic heterocycles. The van der Waals surface area contributed by atoms with Crippen molar-refractivity contribution in [2.45, 2.75) is 45.9 Å². The predicted molar refractivity (Wildman–Crippen MR) is 82.5 cm³/mol. The van der Waals surface area contributed by atoms with Gasteiger partial charge in [-0.15, -0.1) is 0 Å². The van der Waals surface area contributed by atoms with E-state index in [0.29, 0.717) is 26.1 Å². The van der Waals surface area contributed by atoms with Crippen LogP contribution in [0.25, 0.3) is 0 Å². The molecule has 5 heteroatoms. The molecule has 0 radical (unpaired) electrons. The Bertz CT molecular complexity index is 504. The average Bonchev–Trinajstić information content (AvgIpc) is 2.47. The maximum atomic E-state index is 12.2. The molecule has 1 aliphatic rings. The number of anilines is 1. The number of carbonyl (C=O) groups excluding carboxylic acids is 1. The first-order chi connectivity index (χ1) is 10.1. The van der Waals surface area contributed by atoms with Crippen molar-refractivity contribution < 1.29 is 14.3 Å². The van der Waals surface area contributed by atoms with Crippen LogP contribution in [-0.4, -0.2) is 31.3 Å². The molecule has 0 aliphatic carbocycles. The van der Waals surface area contributed by atoms with Crippen LogP contribution in [0, 0.1) is 0 Å². The van der Waals surface area contributed by atoms with Crippen LogP contribution >= 0.6 is 0 Å². The first-order valence-electron chi connectivity index (χ1n) is 7.53. The van der Waals surface area contributed by atoms with E-state index < -0.39 is 0 Å². The van der Waals surface area contributed by atoms with Crippen molar-refractivity contribution in [1.29, 1.82) is 0 Å². The van der Waals surface area contributed by atoms with Crippen molar-refractivity contribution in [3.63, 3.8) is 0 Å². The van der Waals surface area contributed by atoms with Crippen LogP contribution in [0.15, 0.2) is 18.2 Å². The lowest BCUT2D eigenvalue weighted by molar-refractivity contribution is -0.144. The zero-order chi connectivity index (χ0) is 15.4. The highest BCUT2D eigenvalue weighted by Gasteiger charge is 2.32. The number of carbonyl (C=O) groups is 1. The number of esters is 1. The Kier molecular flexibility index (Phi) is 5.07. The zero-order valence-corrected chi connectivity index (χ0v) is 13.0. The molecule has 0 fully saturated rings. The van der Waals surface area contributed by atoms with Gasteiger partial charge in [-0.3, -0.25) is 0 Å². The highest BCUT2D eigenvalue weighted by atomic mass is 16.5. The van der Waals surface area contributed by atoms with Crippen molar-refractivity contribution in [1.82, 2.24) is 0 Å². The third-order valence-corrected chi connectivity index (χ3v) is 3.67. The normalized spacial score (nSPS) is 18.7. The summed E-state index contributed by atoms with van der Waals surface area (Å²) in [6.45, 7) is 7.37. The van der Waals surface area contributed by atoms with E-state index in [2.05, 4.69) is 4.90 Å². The summed E-state index contributed by atoms with van der Waals surface area (Å²) in [5.41, 5.74) is 7.64. The SMILES string of the molecule is CCOC(=O)C(CC)N1CC(C)Oc2cc(CN)ccc21. The number of nitrogens with two attached hydrogens (primary N) is 1. The van der Waals surface area contributed by atoms with E-state index in [0.717, 1.165) is 17.0 Å². The summed E-state index contributed by atoms with van der Waals surface area (Å²) in [4.78, 5) is 14.3. The molecule has 0 bridgehead atoms. The van der Waals surface area contributed by atoms with Crippen molar-refractivity contribution in [2.24, 2.45) is 5.73 Å². The Labute approximate surface area is 126 Å². The molecule has 0 saturated carbocycles. The van der Waals surface area contributed by atoms with Gasteiger partial charge in [0.15, 0.2) is 0 Å². The van der Waals surface area contributed by atoms with Gasteiger partial charge in [0.2, 0.25) is 0 Å². The minimum absolute atomic E-state index is 0.0222. The van der Waals surface area contributed by atoms with Gasteiger partial charge < -0.3 is 20.1 Å². The van der Waals surface area contributed by atoms with Crippen LogP contribution in [0.3, 0.4) is 0 Å². The number of benzene rings is 1. The fourth-order valence-electron chi connectivity index (χ4n) is 2.69. The van der Waals surface area contributed by atoms with Crippen LogP contribution in [0.5, 0.6) is 5.75 Å². The molecule has 0 amide bonds. The maximum Gasteiger partial charge on any atom is 0.328 e. The lowest BCUT2D eigenvalue weighted by atomic mass is 10.1. The summed E-state index contributed by atoms with van der Waals surface area (Å²) in [5, 5.41) is 0. The molecular formula is C16H24N2O3. The lowest BCUT2D eigenvalue weighted by Gasteiger charge is -2.39. The first kappa shape index (κ1) is 15.6. The molecule has 1 aromatic rings. The second-order valence-corrected chi connectivity index (χ2v) is 5.26. The van der Waals surface area contributed by atoms with Crippen molar-refractivity contribution in [3.8, 4) is 5.75 Å². The number of hydrogen-bond donors (Lipinski definition) is 1. The largest absolute Gasteiger partial charge is 0.487 e. The minimum atomic E-state index is -0.279. The summed E-state index contributed by atoms with van der Waals surface area (Å²) in [7, 11) is 0. The number of ether oxygens (including phenoxy) is 2. The van der Waals surface area contributed by atoms with Gasteiger partial charge in [-0.2, -0.15) is 0 Å². The summed E-state index contributed by atoms with van der Waals surface area (Å²) >= 11 is 0. The molecule has 2 rings (SSSR count). The summed E-state index contributed by atoms with van der Waals surface area (Å²) in [6.07, 6.45) is 0.720.